The Kier molecular flexibility index (Phi) is 7.48. The van der Waals surface area contributed by atoms with Gasteiger partial charge in [-0.3, -0.25) is 4.90 Å². The van der Waals surface area contributed by atoms with E-state index in [0.29, 0.717) is 24.7 Å². The molecule has 5 nitrogen and oxygen atoms in total. The van der Waals surface area contributed by atoms with Crippen LogP contribution in [0.4, 0.5) is 0 Å². The highest BCUT2D eigenvalue weighted by Crippen LogP contribution is 2.43. The van der Waals surface area contributed by atoms with Crippen molar-refractivity contribution >= 4 is 44.6 Å². The zero-order valence-corrected chi connectivity index (χ0v) is 21.2. The van der Waals surface area contributed by atoms with Crippen molar-refractivity contribution in [2.24, 2.45) is 7.05 Å². The molecular weight excluding hydrogens is 488 g/mol. The number of unbranched alkanes of at least 4 members (excludes halogenated alkanes) is 1. The van der Waals surface area contributed by atoms with Crippen LogP contribution >= 0.6 is 27.7 Å². The summed E-state index contributed by atoms with van der Waals surface area (Å²) in [5.74, 6) is 1.25. The summed E-state index contributed by atoms with van der Waals surface area (Å²) >= 11 is 5.43. The van der Waals surface area contributed by atoms with Crippen molar-refractivity contribution in [2.75, 3.05) is 19.9 Å². The third-order valence-corrected chi connectivity index (χ3v) is 7.43. The van der Waals surface area contributed by atoms with Crippen LogP contribution in [0.2, 0.25) is 0 Å². The Morgan fingerprint density at radius 3 is 2.75 bits per heavy atom. The van der Waals surface area contributed by atoms with E-state index in [1.165, 1.54) is 4.90 Å². The molecule has 0 fully saturated rings. The van der Waals surface area contributed by atoms with Gasteiger partial charge in [0.1, 0.15) is 12.5 Å². The fourth-order valence-corrected chi connectivity index (χ4v) is 5.75. The number of rotatable bonds is 8. The lowest BCUT2D eigenvalue weighted by atomic mass is 10.0. The second-order valence-corrected chi connectivity index (χ2v) is 9.85. The van der Waals surface area contributed by atoms with E-state index in [1.54, 1.807) is 11.8 Å². The predicted octanol–water partition coefficient (Wildman–Crippen LogP) is 6.36. The fraction of sp³-hybridized carbons (Fsp3) is 0.400. The summed E-state index contributed by atoms with van der Waals surface area (Å²) in [5, 5.41) is 0.953. The first-order chi connectivity index (χ1) is 15.5. The van der Waals surface area contributed by atoms with E-state index >= 15 is 0 Å². The quantitative estimate of drug-likeness (QED) is 0.257. The Balaban J connectivity index is 1.84. The number of hydrogen-bond acceptors (Lipinski definition) is 5. The molecule has 2 heterocycles. The number of aryl methyl sites for hydroxylation is 1. The van der Waals surface area contributed by atoms with E-state index in [1.807, 2.05) is 32.2 Å². The van der Waals surface area contributed by atoms with Gasteiger partial charge < -0.3 is 14.0 Å². The molecule has 0 bridgehead atoms. The summed E-state index contributed by atoms with van der Waals surface area (Å²) < 4.78 is 14.7. The minimum atomic E-state index is -0.267. The van der Waals surface area contributed by atoms with Gasteiger partial charge in [0.25, 0.3) is 0 Å². The molecule has 1 aromatic heterocycles. The normalized spacial score (nSPS) is 13.8. The van der Waals surface area contributed by atoms with Gasteiger partial charge in [0.15, 0.2) is 0 Å². The molecule has 0 spiro atoms. The molecule has 32 heavy (non-hydrogen) atoms. The Bertz CT molecular complexity index is 1110. The number of carbonyl (C=O) groups is 1. The van der Waals surface area contributed by atoms with Gasteiger partial charge in [-0.2, -0.15) is 0 Å². The number of fused-ring (bicyclic) bond motifs is 3. The summed E-state index contributed by atoms with van der Waals surface area (Å²) in [6, 6.07) is 12.3. The molecule has 2 aromatic carbocycles. The molecule has 0 saturated heterocycles. The molecule has 1 aliphatic heterocycles. The first kappa shape index (κ1) is 23.2. The molecule has 0 N–H and O–H groups in total. The first-order valence-corrected chi connectivity index (χ1v) is 12.9. The summed E-state index contributed by atoms with van der Waals surface area (Å²) in [7, 11) is 2.03. The molecule has 170 valence electrons. The molecule has 0 radical (unpaired) electrons. The fourth-order valence-electron chi connectivity index (χ4n) is 4.19. The van der Waals surface area contributed by atoms with Crippen LogP contribution in [0.25, 0.3) is 10.9 Å². The summed E-state index contributed by atoms with van der Waals surface area (Å²) in [5.41, 5.74) is 3.71. The van der Waals surface area contributed by atoms with Gasteiger partial charge >= 0.3 is 5.97 Å². The van der Waals surface area contributed by atoms with Crippen LogP contribution in [-0.4, -0.2) is 35.3 Å². The van der Waals surface area contributed by atoms with Crippen molar-refractivity contribution in [3.8, 4) is 5.75 Å². The summed E-state index contributed by atoms with van der Waals surface area (Å²) in [4.78, 5) is 16.7. The zero-order chi connectivity index (χ0) is 22.7. The summed E-state index contributed by atoms with van der Waals surface area (Å²) in [6.07, 6.45) is 2.26. The molecule has 7 heteroatoms. The molecule has 4 rings (SSSR count). The monoisotopic (exact) mass is 516 g/mol. The lowest BCUT2D eigenvalue weighted by Crippen LogP contribution is -2.33. The van der Waals surface area contributed by atoms with Crippen LogP contribution in [0.3, 0.4) is 0 Å². The van der Waals surface area contributed by atoms with Gasteiger partial charge in [-0.1, -0.05) is 31.5 Å². The average molecular weight is 517 g/mol. The average Bonchev–Trinajstić information content (AvgIpc) is 3.09. The largest absolute Gasteiger partial charge is 0.477 e. The van der Waals surface area contributed by atoms with Crippen LogP contribution in [0.1, 0.15) is 48.3 Å². The van der Waals surface area contributed by atoms with Gasteiger partial charge in [-0.25, -0.2) is 4.79 Å². The minimum Gasteiger partial charge on any atom is -0.477 e. The minimum absolute atomic E-state index is 0.267. The van der Waals surface area contributed by atoms with Gasteiger partial charge in [0.05, 0.1) is 22.2 Å². The van der Waals surface area contributed by atoms with Gasteiger partial charge in [0.2, 0.25) is 0 Å². The Morgan fingerprint density at radius 2 is 2.03 bits per heavy atom. The Morgan fingerprint density at radius 1 is 1.25 bits per heavy atom. The van der Waals surface area contributed by atoms with Crippen LogP contribution < -0.4 is 4.74 Å². The van der Waals surface area contributed by atoms with E-state index in [9.17, 15) is 4.79 Å². The SMILES string of the molecule is CCCCN1COc2c(Br)cc3c(c2C1)c(C(=O)OCC)c(CSc1ccccc1)n3C. The highest BCUT2D eigenvalue weighted by molar-refractivity contribution is 9.10. The van der Waals surface area contributed by atoms with E-state index in [-0.39, 0.29) is 5.97 Å². The first-order valence-electron chi connectivity index (χ1n) is 11.1. The van der Waals surface area contributed by atoms with Crippen molar-refractivity contribution in [2.45, 2.75) is 43.9 Å². The van der Waals surface area contributed by atoms with Crippen LogP contribution in [0.15, 0.2) is 45.8 Å². The van der Waals surface area contributed by atoms with Crippen molar-refractivity contribution in [1.29, 1.82) is 0 Å². The second kappa shape index (κ2) is 10.3. The number of ether oxygens (including phenoxy) is 2. The van der Waals surface area contributed by atoms with E-state index < -0.39 is 0 Å². The zero-order valence-electron chi connectivity index (χ0n) is 18.8. The number of carbonyl (C=O) groups excluding carboxylic acids is 1. The van der Waals surface area contributed by atoms with Crippen molar-refractivity contribution in [3.63, 3.8) is 0 Å². The maximum absolute atomic E-state index is 13.2. The van der Waals surface area contributed by atoms with Crippen molar-refractivity contribution in [3.05, 3.63) is 57.7 Å². The smallest absolute Gasteiger partial charge is 0.340 e. The van der Waals surface area contributed by atoms with Crippen LogP contribution in [0.5, 0.6) is 5.75 Å². The maximum atomic E-state index is 13.2. The van der Waals surface area contributed by atoms with Gasteiger partial charge in [-0.05, 0) is 47.5 Å². The number of halogens is 1. The Hall–Kier alpha value is -1.96. The van der Waals surface area contributed by atoms with Crippen molar-refractivity contribution < 1.29 is 14.3 Å². The molecule has 0 aliphatic carbocycles. The summed E-state index contributed by atoms with van der Waals surface area (Å²) in [6.45, 7) is 6.69. The highest BCUT2D eigenvalue weighted by atomic mass is 79.9. The van der Waals surface area contributed by atoms with Crippen molar-refractivity contribution in [1.82, 2.24) is 9.47 Å². The molecule has 0 atom stereocenters. The van der Waals surface area contributed by atoms with E-state index in [2.05, 4.69) is 50.5 Å². The lowest BCUT2D eigenvalue weighted by molar-refractivity contribution is 0.0527. The third-order valence-electron chi connectivity index (χ3n) is 5.82. The predicted molar refractivity (Wildman–Crippen MR) is 133 cm³/mol. The van der Waals surface area contributed by atoms with E-state index in [4.69, 9.17) is 9.47 Å². The molecule has 3 aromatic rings. The number of nitrogens with zero attached hydrogens (tertiary/aromatic N) is 2. The van der Waals surface area contributed by atoms with Crippen LogP contribution in [-0.2, 0) is 24.1 Å². The Labute approximate surface area is 202 Å². The number of esters is 1. The van der Waals surface area contributed by atoms with Gasteiger partial charge in [0, 0.05) is 47.4 Å². The highest BCUT2D eigenvalue weighted by Gasteiger charge is 2.30. The maximum Gasteiger partial charge on any atom is 0.340 e. The van der Waals surface area contributed by atoms with Gasteiger partial charge in [-0.15, -0.1) is 11.8 Å². The molecule has 0 saturated carbocycles. The molecular formula is C25H29BrN2O3S. The number of hydrogen-bond donors (Lipinski definition) is 0. The van der Waals surface area contributed by atoms with Crippen LogP contribution in [0, 0.1) is 0 Å². The molecule has 0 amide bonds. The molecule has 1 aliphatic rings. The number of thioether (sulfide) groups is 1. The number of aromatic nitrogens is 1. The lowest BCUT2D eigenvalue weighted by Gasteiger charge is -2.30. The number of benzene rings is 2. The standard InChI is InChI=1S/C25H29BrN2O3S/c1-4-6-12-28-14-18-22-20(13-19(26)24(18)31-16-28)27(3)21(23(22)25(29)30-5-2)15-32-17-10-8-7-9-11-17/h7-11,13H,4-6,12,14-16H2,1-3H3. The molecule has 0 unspecified atom stereocenters. The second-order valence-electron chi connectivity index (χ2n) is 7.94. The topological polar surface area (TPSA) is 43.7 Å². The third kappa shape index (κ3) is 4.56. The van der Waals surface area contributed by atoms with E-state index in [0.717, 1.165) is 58.3 Å².